The van der Waals surface area contributed by atoms with Gasteiger partial charge in [-0.25, -0.2) is 4.98 Å². The minimum Gasteiger partial charge on any atom is -0.507 e. The summed E-state index contributed by atoms with van der Waals surface area (Å²) in [6.07, 6.45) is 1.60. The van der Waals surface area contributed by atoms with Crippen molar-refractivity contribution in [3.63, 3.8) is 0 Å². The summed E-state index contributed by atoms with van der Waals surface area (Å²) in [5.74, 6) is -0.326. The van der Waals surface area contributed by atoms with Gasteiger partial charge in [-0.2, -0.15) is 0 Å². The highest BCUT2D eigenvalue weighted by Crippen LogP contribution is 2.45. The fourth-order valence-electron chi connectivity index (χ4n) is 5.03. The van der Waals surface area contributed by atoms with Crippen LogP contribution in [0.5, 0.6) is 11.5 Å². The molecule has 0 saturated carbocycles. The predicted molar refractivity (Wildman–Crippen MR) is 152 cm³/mol. The summed E-state index contributed by atoms with van der Waals surface area (Å²) in [6.45, 7) is 4.58. The number of Topliss-reactive ketones (excluding diaryl/α,β-unsaturated/α-hetero) is 1. The quantitative estimate of drug-likeness (QED) is 0.161. The maximum absolute atomic E-state index is 13.5. The second-order valence-corrected chi connectivity index (χ2v) is 11.1. The molecule has 6 rings (SSSR count). The number of carbonyl (C=O) groups is 2. The number of anilines is 1. The number of amides is 1. The van der Waals surface area contributed by atoms with Crippen LogP contribution in [-0.2, 0) is 16.0 Å². The maximum atomic E-state index is 13.5. The fraction of sp³-hybridized carbons (Fsp3) is 0.233. The number of aliphatic hydroxyl groups excluding tert-OH is 1. The first-order chi connectivity index (χ1) is 18.8. The number of nitrogens with zero attached hydrogens (tertiary/aromatic N) is 2. The number of ketones is 1. The molecule has 39 heavy (non-hydrogen) atoms. The van der Waals surface area contributed by atoms with Crippen LogP contribution in [0.3, 0.4) is 0 Å². The molecule has 2 aliphatic heterocycles. The molecule has 0 unspecified atom stereocenters. The topological polar surface area (TPSA) is 89.0 Å². The molecule has 0 radical (unpaired) electrons. The van der Waals surface area contributed by atoms with Crippen LogP contribution in [0.2, 0.25) is 5.02 Å². The Hall–Kier alpha value is -3.88. The molecule has 1 saturated heterocycles. The number of halogens is 1. The first kappa shape index (κ1) is 25.4. The molecule has 1 amide bonds. The van der Waals surface area contributed by atoms with Gasteiger partial charge in [-0.05, 0) is 73.0 Å². The van der Waals surface area contributed by atoms with E-state index in [0.29, 0.717) is 45.6 Å². The average molecular weight is 561 g/mol. The summed E-state index contributed by atoms with van der Waals surface area (Å²) in [4.78, 5) is 33.1. The molecular formula is C30H25ClN2O5S. The van der Waals surface area contributed by atoms with Crippen LogP contribution in [-0.4, -0.2) is 34.5 Å². The Morgan fingerprint density at radius 2 is 1.95 bits per heavy atom. The number of fused-ring (bicyclic) bond motifs is 2. The molecule has 1 N–H and O–H groups in total. The van der Waals surface area contributed by atoms with Gasteiger partial charge in [0.2, 0.25) is 0 Å². The summed E-state index contributed by atoms with van der Waals surface area (Å²) in [7, 11) is 0. The van der Waals surface area contributed by atoms with E-state index in [1.165, 1.54) is 16.2 Å². The van der Waals surface area contributed by atoms with Crippen molar-refractivity contribution < 1.29 is 24.2 Å². The van der Waals surface area contributed by atoms with E-state index in [1.54, 1.807) is 42.5 Å². The van der Waals surface area contributed by atoms with Crippen molar-refractivity contribution in [2.75, 3.05) is 11.5 Å². The third kappa shape index (κ3) is 4.53. The number of hydrogen-bond acceptors (Lipinski definition) is 7. The Kier molecular flexibility index (Phi) is 6.53. The lowest BCUT2D eigenvalue weighted by Crippen LogP contribution is -2.29. The van der Waals surface area contributed by atoms with Gasteiger partial charge >= 0.3 is 5.91 Å². The molecule has 1 fully saturated rings. The molecule has 0 aliphatic carbocycles. The normalized spacial score (nSPS) is 19.9. The third-order valence-electron chi connectivity index (χ3n) is 6.83. The lowest BCUT2D eigenvalue weighted by molar-refractivity contribution is -0.132. The molecule has 3 aromatic carbocycles. The number of thiazole rings is 1. The first-order valence-electron chi connectivity index (χ1n) is 12.7. The van der Waals surface area contributed by atoms with Crippen LogP contribution >= 0.6 is 22.9 Å². The largest absolute Gasteiger partial charge is 0.507 e. The summed E-state index contributed by atoms with van der Waals surface area (Å²) >= 11 is 7.44. The van der Waals surface area contributed by atoms with Crippen molar-refractivity contribution in [3.05, 3.63) is 87.9 Å². The molecule has 2 aliphatic rings. The second kappa shape index (κ2) is 10.0. The summed E-state index contributed by atoms with van der Waals surface area (Å²) in [6, 6.07) is 16.9. The van der Waals surface area contributed by atoms with Crippen LogP contribution in [0.1, 0.15) is 43.0 Å². The zero-order valence-corrected chi connectivity index (χ0v) is 22.9. The van der Waals surface area contributed by atoms with Crippen molar-refractivity contribution in [1.29, 1.82) is 0 Å². The van der Waals surface area contributed by atoms with E-state index < -0.39 is 17.7 Å². The molecule has 9 heteroatoms. The lowest BCUT2D eigenvalue weighted by Gasteiger charge is -2.23. The Bertz CT molecular complexity index is 1650. The summed E-state index contributed by atoms with van der Waals surface area (Å²) in [5, 5.41) is 12.4. The van der Waals surface area contributed by atoms with Crippen molar-refractivity contribution in [3.8, 4) is 11.5 Å². The van der Waals surface area contributed by atoms with Gasteiger partial charge in [0.05, 0.1) is 28.4 Å². The Morgan fingerprint density at radius 3 is 2.72 bits per heavy atom. The van der Waals surface area contributed by atoms with Crippen molar-refractivity contribution in [2.24, 2.45) is 0 Å². The minimum absolute atomic E-state index is 0.00595. The molecular weight excluding hydrogens is 536 g/mol. The van der Waals surface area contributed by atoms with E-state index in [4.69, 9.17) is 21.1 Å². The van der Waals surface area contributed by atoms with Crippen molar-refractivity contribution in [2.45, 2.75) is 38.8 Å². The maximum Gasteiger partial charge on any atom is 0.301 e. The van der Waals surface area contributed by atoms with E-state index in [9.17, 15) is 14.7 Å². The number of rotatable bonds is 6. The highest BCUT2D eigenvalue weighted by atomic mass is 35.5. The van der Waals surface area contributed by atoms with Crippen LogP contribution in [0.4, 0.5) is 5.13 Å². The van der Waals surface area contributed by atoms with Crippen molar-refractivity contribution >= 4 is 55.7 Å². The van der Waals surface area contributed by atoms with Crippen LogP contribution < -0.4 is 14.4 Å². The Balaban J connectivity index is 1.49. The van der Waals surface area contributed by atoms with Gasteiger partial charge in [0.15, 0.2) is 5.13 Å². The Morgan fingerprint density at radius 1 is 1.15 bits per heavy atom. The molecule has 4 aromatic rings. The number of carbonyl (C=O) groups excluding carboxylic acids is 2. The standard InChI is InChI=1S/C30H25ClN2O5S/c1-3-12-37-21-8-4-17(5-9-21)26-25(27(34)18-6-11-23-19(14-18)13-16(2)38-23)28(35)29(36)33(26)30-32-22-10-7-20(31)15-24(22)39-30/h4-11,14-16,26,34H,3,12-13H2,1-2H3/b27-25+/t16-,26-/m1/s1. The van der Waals surface area contributed by atoms with E-state index in [1.807, 2.05) is 32.0 Å². The number of aromatic nitrogens is 1. The second-order valence-electron chi connectivity index (χ2n) is 9.65. The highest BCUT2D eigenvalue weighted by molar-refractivity contribution is 7.22. The zero-order chi connectivity index (χ0) is 27.3. The molecule has 3 heterocycles. The van der Waals surface area contributed by atoms with Crippen LogP contribution in [0.25, 0.3) is 16.0 Å². The van der Waals surface area contributed by atoms with E-state index in [-0.39, 0.29) is 17.4 Å². The van der Waals surface area contributed by atoms with Crippen LogP contribution in [0, 0.1) is 0 Å². The van der Waals surface area contributed by atoms with Crippen molar-refractivity contribution in [1.82, 2.24) is 4.98 Å². The SMILES string of the molecule is CCCOc1ccc([C@@H]2/C(=C(\O)c3ccc4c(c3)C[C@@H](C)O4)C(=O)C(=O)N2c2nc3ccc(Cl)cc3s2)cc1. The average Bonchev–Trinajstić information content (AvgIpc) is 3.59. The zero-order valence-electron chi connectivity index (χ0n) is 21.3. The van der Waals surface area contributed by atoms with Gasteiger partial charge in [0.25, 0.3) is 5.78 Å². The predicted octanol–water partition coefficient (Wildman–Crippen LogP) is 6.69. The van der Waals surface area contributed by atoms with Gasteiger partial charge in [-0.1, -0.05) is 42.0 Å². The summed E-state index contributed by atoms with van der Waals surface area (Å²) < 4.78 is 12.3. The van der Waals surface area contributed by atoms with E-state index in [2.05, 4.69) is 4.98 Å². The Labute approximate surface area is 234 Å². The van der Waals surface area contributed by atoms with Gasteiger partial charge in [0, 0.05) is 17.0 Å². The third-order valence-corrected chi connectivity index (χ3v) is 8.08. The van der Waals surface area contributed by atoms with Gasteiger partial charge < -0.3 is 14.6 Å². The number of benzene rings is 3. The molecule has 7 nitrogen and oxygen atoms in total. The monoisotopic (exact) mass is 560 g/mol. The summed E-state index contributed by atoms with van der Waals surface area (Å²) in [5.41, 5.74) is 2.71. The number of hydrogen-bond donors (Lipinski definition) is 1. The van der Waals surface area contributed by atoms with Crippen LogP contribution in [0.15, 0.2) is 66.2 Å². The molecule has 198 valence electrons. The molecule has 0 bridgehead atoms. The van der Waals surface area contributed by atoms with E-state index in [0.717, 1.165) is 22.4 Å². The first-order valence-corrected chi connectivity index (χ1v) is 13.9. The van der Waals surface area contributed by atoms with Gasteiger partial charge in [-0.3, -0.25) is 14.5 Å². The lowest BCUT2D eigenvalue weighted by atomic mass is 9.94. The van der Waals surface area contributed by atoms with E-state index >= 15 is 0 Å². The van der Waals surface area contributed by atoms with Gasteiger partial charge in [-0.15, -0.1) is 0 Å². The fourth-order valence-corrected chi connectivity index (χ4v) is 6.29. The smallest absolute Gasteiger partial charge is 0.301 e. The molecule has 1 aromatic heterocycles. The minimum atomic E-state index is -0.885. The number of ether oxygens (including phenoxy) is 2. The van der Waals surface area contributed by atoms with Gasteiger partial charge in [0.1, 0.15) is 23.4 Å². The molecule has 2 atom stereocenters. The highest BCUT2D eigenvalue weighted by Gasteiger charge is 2.48. The number of aliphatic hydroxyl groups is 1. The molecule has 0 spiro atoms.